The Morgan fingerprint density at radius 1 is 1.10 bits per heavy atom. The molecule has 0 aliphatic heterocycles. The summed E-state index contributed by atoms with van der Waals surface area (Å²) in [6.45, 7) is 11.2. The van der Waals surface area contributed by atoms with E-state index in [4.69, 9.17) is 4.74 Å². The number of hydrogen-bond acceptors (Lipinski definition) is 7. The fraction of sp³-hybridized carbons (Fsp3) is 0.769. The Hall–Kier alpha value is -1.63. The van der Waals surface area contributed by atoms with Crippen molar-refractivity contribution in [3.63, 3.8) is 0 Å². The van der Waals surface area contributed by atoms with E-state index in [1.807, 2.05) is 13.8 Å². The number of nitrogens with zero attached hydrogens (tertiary/aromatic N) is 4. The fourth-order valence-electron chi connectivity index (χ4n) is 1.66. The third-order valence-corrected chi connectivity index (χ3v) is 2.73. The van der Waals surface area contributed by atoms with Crippen LogP contribution < -0.4 is 15.5 Å². The minimum atomic E-state index is 0.231. The number of rotatable bonds is 9. The average molecular weight is 282 g/mol. The molecule has 0 fully saturated rings. The topological polar surface area (TPSA) is 75.2 Å². The molecule has 7 heteroatoms. The summed E-state index contributed by atoms with van der Waals surface area (Å²) in [6, 6.07) is 0. The van der Waals surface area contributed by atoms with E-state index in [1.54, 1.807) is 7.05 Å². The van der Waals surface area contributed by atoms with Crippen molar-refractivity contribution in [1.82, 2.24) is 15.0 Å². The summed E-state index contributed by atoms with van der Waals surface area (Å²) in [7, 11) is 1.80. The van der Waals surface area contributed by atoms with Crippen molar-refractivity contribution in [2.75, 3.05) is 48.8 Å². The van der Waals surface area contributed by atoms with Crippen molar-refractivity contribution in [2.24, 2.45) is 0 Å². The zero-order valence-electron chi connectivity index (χ0n) is 13.1. The predicted octanol–water partition coefficient (Wildman–Crippen LogP) is 1.60. The van der Waals surface area contributed by atoms with Crippen molar-refractivity contribution in [3.05, 3.63) is 0 Å². The van der Waals surface area contributed by atoms with Crippen LogP contribution in [0.4, 0.5) is 17.8 Å². The monoisotopic (exact) mass is 282 g/mol. The van der Waals surface area contributed by atoms with Crippen LogP contribution in [0.3, 0.4) is 0 Å². The summed E-state index contributed by atoms with van der Waals surface area (Å²) < 4.78 is 5.48. The number of ether oxygens (including phenoxy) is 1. The maximum Gasteiger partial charge on any atom is 0.231 e. The summed E-state index contributed by atoms with van der Waals surface area (Å²) in [4.78, 5) is 15.2. The summed E-state index contributed by atoms with van der Waals surface area (Å²) >= 11 is 0. The van der Waals surface area contributed by atoms with E-state index in [-0.39, 0.29) is 6.10 Å². The Morgan fingerprint density at radius 2 is 1.75 bits per heavy atom. The molecule has 2 N–H and O–H groups in total. The zero-order valence-corrected chi connectivity index (χ0v) is 13.1. The molecule has 1 heterocycles. The van der Waals surface area contributed by atoms with E-state index in [0.29, 0.717) is 31.0 Å². The lowest BCUT2D eigenvalue weighted by atomic mass is 10.5. The molecule has 1 aromatic rings. The minimum Gasteiger partial charge on any atom is -0.377 e. The van der Waals surface area contributed by atoms with Gasteiger partial charge in [0.25, 0.3) is 0 Å². The van der Waals surface area contributed by atoms with E-state index < -0.39 is 0 Å². The second kappa shape index (κ2) is 8.52. The molecule has 0 aliphatic rings. The van der Waals surface area contributed by atoms with Crippen LogP contribution in [0, 0.1) is 0 Å². The van der Waals surface area contributed by atoms with Gasteiger partial charge in [0.15, 0.2) is 0 Å². The molecule has 0 saturated heterocycles. The molecule has 0 amide bonds. The van der Waals surface area contributed by atoms with Crippen LogP contribution in [-0.4, -0.2) is 54.3 Å². The number of nitrogens with one attached hydrogen (secondary N) is 2. The van der Waals surface area contributed by atoms with Crippen molar-refractivity contribution in [1.29, 1.82) is 0 Å². The molecule has 1 aromatic heterocycles. The minimum absolute atomic E-state index is 0.231. The molecule has 7 nitrogen and oxygen atoms in total. The number of aromatic nitrogens is 3. The maximum absolute atomic E-state index is 5.48. The summed E-state index contributed by atoms with van der Waals surface area (Å²) in [5.41, 5.74) is 0. The lowest BCUT2D eigenvalue weighted by Crippen LogP contribution is -2.25. The molecule has 0 aliphatic carbocycles. The van der Waals surface area contributed by atoms with Crippen LogP contribution in [0.1, 0.15) is 27.7 Å². The second-order valence-electron chi connectivity index (χ2n) is 4.55. The normalized spacial score (nSPS) is 10.7. The summed E-state index contributed by atoms with van der Waals surface area (Å²) in [5, 5.41) is 6.12. The van der Waals surface area contributed by atoms with Gasteiger partial charge in [-0.15, -0.1) is 0 Å². The van der Waals surface area contributed by atoms with Gasteiger partial charge in [-0.05, 0) is 27.7 Å². The Labute approximate surface area is 121 Å². The molecule has 114 valence electrons. The first-order valence-corrected chi connectivity index (χ1v) is 7.14. The standard InChI is InChI=1S/C13H26N6O/c1-6-19(7-2)13-17-11(14-5)16-12(18-13)15-8-9-20-10(3)4/h10H,6-9H2,1-5H3,(H2,14,15,16,17,18). The zero-order chi connectivity index (χ0) is 15.0. The highest BCUT2D eigenvalue weighted by Gasteiger charge is 2.10. The van der Waals surface area contributed by atoms with Gasteiger partial charge in [-0.25, -0.2) is 0 Å². The van der Waals surface area contributed by atoms with Crippen molar-refractivity contribution in [3.8, 4) is 0 Å². The van der Waals surface area contributed by atoms with Gasteiger partial charge in [0, 0.05) is 26.7 Å². The maximum atomic E-state index is 5.48. The number of hydrogen-bond donors (Lipinski definition) is 2. The SMILES string of the molecule is CCN(CC)c1nc(NC)nc(NCCOC(C)C)n1. The molecule has 0 spiro atoms. The average Bonchev–Trinajstić information content (AvgIpc) is 2.44. The molecule has 0 radical (unpaired) electrons. The number of anilines is 3. The quantitative estimate of drug-likeness (QED) is 0.666. The van der Waals surface area contributed by atoms with E-state index >= 15 is 0 Å². The first-order valence-electron chi connectivity index (χ1n) is 7.14. The van der Waals surface area contributed by atoms with E-state index in [0.717, 1.165) is 13.1 Å². The van der Waals surface area contributed by atoms with Crippen LogP contribution in [-0.2, 0) is 4.74 Å². The van der Waals surface area contributed by atoms with Gasteiger partial charge >= 0.3 is 0 Å². The first kappa shape index (κ1) is 16.4. The smallest absolute Gasteiger partial charge is 0.231 e. The van der Waals surface area contributed by atoms with Gasteiger partial charge in [0.05, 0.1) is 12.7 Å². The predicted molar refractivity (Wildman–Crippen MR) is 82.5 cm³/mol. The molecule has 0 atom stereocenters. The molecule has 0 unspecified atom stereocenters. The van der Waals surface area contributed by atoms with E-state index in [2.05, 4.69) is 44.3 Å². The van der Waals surface area contributed by atoms with Crippen molar-refractivity contribution >= 4 is 17.8 Å². The second-order valence-corrected chi connectivity index (χ2v) is 4.55. The summed E-state index contributed by atoms with van der Waals surface area (Å²) in [5.74, 6) is 1.81. The highest BCUT2D eigenvalue weighted by atomic mass is 16.5. The fourth-order valence-corrected chi connectivity index (χ4v) is 1.66. The Kier molecular flexibility index (Phi) is 7.00. The lowest BCUT2D eigenvalue weighted by Gasteiger charge is -2.19. The third-order valence-electron chi connectivity index (χ3n) is 2.73. The molecular formula is C13H26N6O. The molecule has 0 bridgehead atoms. The van der Waals surface area contributed by atoms with E-state index in [1.165, 1.54) is 0 Å². The van der Waals surface area contributed by atoms with Gasteiger partial charge in [0.2, 0.25) is 17.8 Å². The van der Waals surface area contributed by atoms with Gasteiger partial charge in [-0.2, -0.15) is 15.0 Å². The van der Waals surface area contributed by atoms with Gasteiger partial charge in [-0.3, -0.25) is 0 Å². The van der Waals surface area contributed by atoms with Crippen molar-refractivity contribution in [2.45, 2.75) is 33.8 Å². The highest BCUT2D eigenvalue weighted by molar-refractivity contribution is 5.43. The Bertz CT molecular complexity index is 394. The van der Waals surface area contributed by atoms with Crippen LogP contribution in [0.15, 0.2) is 0 Å². The van der Waals surface area contributed by atoms with Crippen LogP contribution in [0.5, 0.6) is 0 Å². The Balaban J connectivity index is 2.72. The highest BCUT2D eigenvalue weighted by Crippen LogP contribution is 2.12. The van der Waals surface area contributed by atoms with Crippen LogP contribution in [0.2, 0.25) is 0 Å². The Morgan fingerprint density at radius 3 is 2.30 bits per heavy atom. The van der Waals surface area contributed by atoms with E-state index in [9.17, 15) is 0 Å². The summed E-state index contributed by atoms with van der Waals surface area (Å²) in [6.07, 6.45) is 0.231. The van der Waals surface area contributed by atoms with Gasteiger partial charge < -0.3 is 20.3 Å². The molecular weight excluding hydrogens is 256 g/mol. The molecule has 0 aromatic carbocycles. The van der Waals surface area contributed by atoms with Gasteiger partial charge in [-0.1, -0.05) is 0 Å². The lowest BCUT2D eigenvalue weighted by molar-refractivity contribution is 0.0870. The van der Waals surface area contributed by atoms with Crippen molar-refractivity contribution < 1.29 is 4.74 Å². The van der Waals surface area contributed by atoms with Crippen LogP contribution >= 0.6 is 0 Å². The molecule has 1 rings (SSSR count). The largest absolute Gasteiger partial charge is 0.377 e. The van der Waals surface area contributed by atoms with Crippen LogP contribution in [0.25, 0.3) is 0 Å². The van der Waals surface area contributed by atoms with Gasteiger partial charge in [0.1, 0.15) is 0 Å². The first-order chi connectivity index (χ1) is 9.60. The molecule has 20 heavy (non-hydrogen) atoms. The molecule has 0 saturated carbocycles. The third kappa shape index (κ3) is 5.16.